The van der Waals surface area contributed by atoms with Crippen molar-refractivity contribution in [2.24, 2.45) is 0 Å². The van der Waals surface area contributed by atoms with E-state index in [2.05, 4.69) is 11.8 Å². The van der Waals surface area contributed by atoms with Gasteiger partial charge in [0.1, 0.15) is 5.82 Å². The van der Waals surface area contributed by atoms with Crippen LogP contribution in [0.4, 0.5) is 13.2 Å². The normalized spacial score (nSPS) is 10.4. The largest absolute Gasteiger partial charge is 0.206 e. The Morgan fingerprint density at radius 2 is 1.19 bits per heavy atom. The summed E-state index contributed by atoms with van der Waals surface area (Å²) in [6, 6.07) is 12.1. The van der Waals surface area contributed by atoms with E-state index < -0.39 is 17.5 Å². The van der Waals surface area contributed by atoms with Crippen LogP contribution in [-0.4, -0.2) is 0 Å². The Kier molecular flexibility index (Phi) is 4.86. The van der Waals surface area contributed by atoms with Gasteiger partial charge >= 0.3 is 0 Å². The molecule has 0 aliphatic rings. The van der Waals surface area contributed by atoms with Gasteiger partial charge < -0.3 is 0 Å². The fourth-order valence-corrected chi connectivity index (χ4v) is 2.98. The SMILES string of the molecule is Cc1cc(C)c(C#Cc2ccc(-c3ccc(F)c(F)c3)cc2F)c(C)c1. The molecule has 0 bridgehead atoms. The summed E-state index contributed by atoms with van der Waals surface area (Å²) in [6.07, 6.45) is 0. The van der Waals surface area contributed by atoms with E-state index in [-0.39, 0.29) is 5.56 Å². The van der Waals surface area contributed by atoms with Crippen molar-refractivity contribution in [3.05, 3.63) is 93.8 Å². The van der Waals surface area contributed by atoms with Gasteiger partial charge in [-0.05, 0) is 67.3 Å². The zero-order valence-electron chi connectivity index (χ0n) is 14.8. The van der Waals surface area contributed by atoms with Crippen molar-refractivity contribution in [3.8, 4) is 23.0 Å². The molecule has 3 aromatic rings. The van der Waals surface area contributed by atoms with Crippen molar-refractivity contribution < 1.29 is 13.2 Å². The van der Waals surface area contributed by atoms with Gasteiger partial charge in [-0.15, -0.1) is 0 Å². The van der Waals surface area contributed by atoms with Crippen LogP contribution in [0.2, 0.25) is 0 Å². The Hall–Kier alpha value is -2.99. The highest BCUT2D eigenvalue weighted by Crippen LogP contribution is 2.24. The summed E-state index contributed by atoms with van der Waals surface area (Å²) in [4.78, 5) is 0. The summed E-state index contributed by atoms with van der Waals surface area (Å²) in [5.41, 5.74) is 5.29. The minimum atomic E-state index is -0.961. The third-order valence-corrected chi connectivity index (χ3v) is 4.22. The van der Waals surface area contributed by atoms with Crippen molar-refractivity contribution in [1.82, 2.24) is 0 Å². The van der Waals surface area contributed by atoms with Gasteiger partial charge in [-0.3, -0.25) is 0 Å². The molecule has 0 aliphatic heterocycles. The minimum absolute atomic E-state index is 0.260. The van der Waals surface area contributed by atoms with Gasteiger partial charge in [0.2, 0.25) is 0 Å². The maximum absolute atomic E-state index is 14.4. The fraction of sp³-hybridized carbons (Fsp3) is 0.130. The van der Waals surface area contributed by atoms with Crippen LogP contribution in [0.15, 0.2) is 48.5 Å². The average Bonchev–Trinajstić information content (AvgIpc) is 2.57. The predicted octanol–water partition coefficient (Wildman–Crippen LogP) is 6.10. The van der Waals surface area contributed by atoms with E-state index >= 15 is 0 Å². The molecule has 3 heteroatoms. The molecule has 0 N–H and O–H groups in total. The number of hydrogen-bond donors (Lipinski definition) is 0. The highest BCUT2D eigenvalue weighted by Gasteiger charge is 2.08. The van der Waals surface area contributed by atoms with Crippen LogP contribution >= 0.6 is 0 Å². The molecule has 0 saturated heterocycles. The molecule has 0 unspecified atom stereocenters. The van der Waals surface area contributed by atoms with Crippen molar-refractivity contribution in [3.63, 3.8) is 0 Å². The van der Waals surface area contributed by atoms with Crippen LogP contribution < -0.4 is 0 Å². The first-order valence-corrected chi connectivity index (χ1v) is 8.20. The molecular weight excluding hydrogens is 333 g/mol. The fourth-order valence-electron chi connectivity index (χ4n) is 2.98. The Balaban J connectivity index is 1.96. The van der Waals surface area contributed by atoms with Crippen LogP contribution in [0.3, 0.4) is 0 Å². The third-order valence-electron chi connectivity index (χ3n) is 4.22. The number of hydrogen-bond acceptors (Lipinski definition) is 0. The van der Waals surface area contributed by atoms with E-state index in [0.717, 1.165) is 34.4 Å². The van der Waals surface area contributed by atoms with E-state index in [1.165, 1.54) is 12.1 Å². The van der Waals surface area contributed by atoms with Gasteiger partial charge in [0.05, 0.1) is 5.56 Å². The van der Waals surface area contributed by atoms with Gasteiger partial charge in [0.25, 0.3) is 0 Å². The topological polar surface area (TPSA) is 0 Å². The van der Waals surface area contributed by atoms with Crippen LogP contribution in [0.5, 0.6) is 0 Å². The minimum Gasteiger partial charge on any atom is -0.206 e. The summed E-state index contributed by atoms with van der Waals surface area (Å²) in [6.45, 7) is 5.98. The first-order chi connectivity index (χ1) is 12.3. The lowest BCUT2D eigenvalue weighted by atomic mass is 9.99. The summed E-state index contributed by atoms with van der Waals surface area (Å²) in [7, 11) is 0. The lowest BCUT2D eigenvalue weighted by Gasteiger charge is -2.05. The molecule has 0 aliphatic carbocycles. The zero-order chi connectivity index (χ0) is 18.8. The molecule has 3 aromatic carbocycles. The molecule has 0 heterocycles. The molecule has 0 saturated carbocycles. The number of rotatable bonds is 1. The van der Waals surface area contributed by atoms with E-state index in [1.807, 2.05) is 32.9 Å². The predicted molar refractivity (Wildman–Crippen MR) is 98.4 cm³/mol. The van der Waals surface area contributed by atoms with Gasteiger partial charge in [0.15, 0.2) is 11.6 Å². The Morgan fingerprint density at radius 3 is 1.77 bits per heavy atom. The number of aryl methyl sites for hydroxylation is 3. The van der Waals surface area contributed by atoms with E-state index in [9.17, 15) is 13.2 Å². The monoisotopic (exact) mass is 350 g/mol. The Bertz CT molecular complexity index is 1030. The number of halogens is 3. The van der Waals surface area contributed by atoms with Crippen molar-refractivity contribution in [2.75, 3.05) is 0 Å². The lowest BCUT2D eigenvalue weighted by Crippen LogP contribution is -1.91. The van der Waals surface area contributed by atoms with Gasteiger partial charge in [-0.2, -0.15) is 0 Å². The summed E-state index contributed by atoms with van der Waals surface area (Å²) >= 11 is 0. The molecule has 130 valence electrons. The first kappa shape index (κ1) is 17.8. The lowest BCUT2D eigenvalue weighted by molar-refractivity contribution is 0.509. The third kappa shape index (κ3) is 3.65. The van der Waals surface area contributed by atoms with Crippen molar-refractivity contribution >= 4 is 0 Å². The summed E-state index contributed by atoms with van der Waals surface area (Å²) < 4.78 is 40.8. The highest BCUT2D eigenvalue weighted by molar-refractivity contribution is 5.65. The maximum atomic E-state index is 14.4. The zero-order valence-corrected chi connectivity index (χ0v) is 14.8. The molecule has 0 amide bonds. The van der Waals surface area contributed by atoms with Gasteiger partial charge in [-0.1, -0.05) is 41.7 Å². The molecule has 0 radical (unpaired) electrons. The summed E-state index contributed by atoms with van der Waals surface area (Å²) in [5.74, 6) is 3.52. The quantitative estimate of drug-likeness (QED) is 0.466. The van der Waals surface area contributed by atoms with Crippen LogP contribution in [0.1, 0.15) is 27.8 Å². The second-order valence-corrected chi connectivity index (χ2v) is 6.35. The highest BCUT2D eigenvalue weighted by atomic mass is 19.2. The van der Waals surface area contributed by atoms with Crippen molar-refractivity contribution in [2.45, 2.75) is 20.8 Å². The first-order valence-electron chi connectivity index (χ1n) is 8.20. The van der Waals surface area contributed by atoms with Crippen LogP contribution in [0.25, 0.3) is 11.1 Å². The molecule has 0 spiro atoms. The van der Waals surface area contributed by atoms with Crippen LogP contribution in [-0.2, 0) is 0 Å². The van der Waals surface area contributed by atoms with E-state index in [4.69, 9.17) is 0 Å². The van der Waals surface area contributed by atoms with E-state index in [0.29, 0.717) is 11.1 Å². The van der Waals surface area contributed by atoms with Gasteiger partial charge in [-0.25, -0.2) is 13.2 Å². The molecule has 0 nitrogen and oxygen atoms in total. The molecule has 0 atom stereocenters. The standard InChI is InChI=1S/C23H17F3/c1-14-10-15(2)20(16(3)11-14)8-6-17-4-5-18(12-22(17)25)19-7-9-21(24)23(26)13-19/h4-5,7,9-13H,1-3H3. The molecule has 0 fully saturated rings. The van der Waals surface area contributed by atoms with Gasteiger partial charge in [0, 0.05) is 5.56 Å². The van der Waals surface area contributed by atoms with Crippen molar-refractivity contribution in [1.29, 1.82) is 0 Å². The van der Waals surface area contributed by atoms with Crippen LogP contribution in [0, 0.1) is 50.1 Å². The Morgan fingerprint density at radius 1 is 0.615 bits per heavy atom. The summed E-state index contributed by atoms with van der Waals surface area (Å²) in [5, 5.41) is 0. The number of benzene rings is 3. The Labute approximate surface area is 151 Å². The van der Waals surface area contributed by atoms with E-state index in [1.54, 1.807) is 12.1 Å². The second kappa shape index (κ2) is 7.09. The maximum Gasteiger partial charge on any atom is 0.159 e. The molecule has 3 rings (SSSR count). The molecule has 0 aromatic heterocycles. The smallest absolute Gasteiger partial charge is 0.159 e. The molecule has 26 heavy (non-hydrogen) atoms. The molecular formula is C23H17F3. The second-order valence-electron chi connectivity index (χ2n) is 6.35. The average molecular weight is 350 g/mol.